The minimum atomic E-state index is -1.38. The van der Waals surface area contributed by atoms with E-state index >= 15 is 0 Å². The van der Waals surface area contributed by atoms with Crippen LogP contribution < -0.4 is 10.5 Å². The minimum absolute atomic E-state index is 0.278. The second kappa shape index (κ2) is 6.82. The van der Waals surface area contributed by atoms with Crippen LogP contribution in [0.2, 0.25) is 0 Å². The van der Waals surface area contributed by atoms with Crippen molar-refractivity contribution in [2.45, 2.75) is 12.5 Å². The molecule has 8 nitrogen and oxygen atoms in total. The van der Waals surface area contributed by atoms with E-state index in [-0.39, 0.29) is 5.91 Å². The molecule has 0 bridgehead atoms. The van der Waals surface area contributed by atoms with Crippen molar-refractivity contribution in [3.05, 3.63) is 54.4 Å². The molecular weight excluding hydrogens is 368 g/mol. The van der Waals surface area contributed by atoms with Crippen LogP contribution in [0.25, 0.3) is 27.9 Å². The van der Waals surface area contributed by atoms with Crippen LogP contribution in [-0.2, 0) is 10.3 Å². The van der Waals surface area contributed by atoms with Crippen molar-refractivity contribution < 1.29 is 9.53 Å². The molecule has 0 aliphatic heterocycles. The van der Waals surface area contributed by atoms with Crippen LogP contribution in [0.4, 0.5) is 0 Å². The van der Waals surface area contributed by atoms with Crippen LogP contribution in [0.3, 0.4) is 0 Å². The molecule has 2 aromatic carbocycles. The van der Waals surface area contributed by atoms with Crippen molar-refractivity contribution in [3.63, 3.8) is 0 Å². The standard InChI is InChI=1S/C21H22N6O2/c1-21(22,20(28)26(2)3)19-23-16-11-6-5-10-15(16)18-24-17(25-27(18)19)13-8-7-9-14(12-13)29-4/h5-12H,22H2,1-4H3/t21-/m0/s1. The summed E-state index contributed by atoms with van der Waals surface area (Å²) in [6, 6.07) is 15.1. The number of nitrogens with zero attached hydrogens (tertiary/aromatic N) is 5. The SMILES string of the molecule is COc1cccc(-c2nc3c4ccccc4nc([C@](C)(N)C(=O)N(C)C)n3n2)c1. The van der Waals surface area contributed by atoms with Gasteiger partial charge in [-0.2, -0.15) is 4.52 Å². The third-order valence-electron chi connectivity index (χ3n) is 4.82. The van der Waals surface area contributed by atoms with Gasteiger partial charge in [0, 0.05) is 25.0 Å². The molecule has 8 heteroatoms. The van der Waals surface area contributed by atoms with E-state index in [4.69, 9.17) is 15.5 Å². The highest BCUT2D eigenvalue weighted by molar-refractivity contribution is 5.93. The van der Waals surface area contributed by atoms with Crippen LogP contribution in [0.1, 0.15) is 12.7 Å². The van der Waals surface area contributed by atoms with E-state index in [0.717, 1.165) is 10.9 Å². The lowest BCUT2D eigenvalue weighted by atomic mass is 10.0. The van der Waals surface area contributed by atoms with Gasteiger partial charge in [0.05, 0.1) is 12.6 Å². The first-order valence-electron chi connectivity index (χ1n) is 9.14. The molecule has 2 aromatic heterocycles. The Balaban J connectivity index is 2.03. The average Bonchev–Trinajstić information content (AvgIpc) is 3.18. The molecule has 0 saturated carbocycles. The van der Waals surface area contributed by atoms with Gasteiger partial charge in [0.15, 0.2) is 22.8 Å². The summed E-state index contributed by atoms with van der Waals surface area (Å²) in [5.41, 5.74) is 7.17. The third kappa shape index (κ3) is 3.07. The highest BCUT2D eigenvalue weighted by Gasteiger charge is 2.37. The van der Waals surface area contributed by atoms with Gasteiger partial charge in [-0.25, -0.2) is 9.97 Å². The molecule has 29 heavy (non-hydrogen) atoms. The summed E-state index contributed by atoms with van der Waals surface area (Å²) in [5, 5.41) is 5.48. The van der Waals surface area contributed by atoms with E-state index in [1.54, 1.807) is 32.6 Å². The summed E-state index contributed by atoms with van der Waals surface area (Å²) in [6.07, 6.45) is 0. The molecule has 4 rings (SSSR count). The van der Waals surface area contributed by atoms with Crippen molar-refractivity contribution in [2.24, 2.45) is 5.73 Å². The first-order valence-corrected chi connectivity index (χ1v) is 9.14. The molecule has 0 saturated heterocycles. The largest absolute Gasteiger partial charge is 0.497 e. The molecule has 4 aromatic rings. The van der Waals surface area contributed by atoms with Gasteiger partial charge in [-0.05, 0) is 31.2 Å². The molecule has 2 N–H and O–H groups in total. The fourth-order valence-electron chi connectivity index (χ4n) is 3.34. The van der Waals surface area contributed by atoms with Crippen LogP contribution in [0.5, 0.6) is 5.75 Å². The molecular formula is C21H22N6O2. The molecule has 0 fully saturated rings. The zero-order valence-corrected chi connectivity index (χ0v) is 16.7. The number of carbonyl (C=O) groups excluding carboxylic acids is 1. The van der Waals surface area contributed by atoms with Gasteiger partial charge in [0.25, 0.3) is 0 Å². The van der Waals surface area contributed by atoms with Crippen molar-refractivity contribution >= 4 is 22.5 Å². The van der Waals surface area contributed by atoms with Crippen molar-refractivity contribution in [3.8, 4) is 17.1 Å². The van der Waals surface area contributed by atoms with Crippen molar-refractivity contribution in [2.75, 3.05) is 21.2 Å². The number of para-hydroxylation sites is 1. The molecule has 1 amide bonds. The van der Waals surface area contributed by atoms with E-state index in [1.807, 2.05) is 48.5 Å². The fourth-order valence-corrected chi connectivity index (χ4v) is 3.34. The fraction of sp³-hybridized carbons (Fsp3) is 0.238. The zero-order valence-electron chi connectivity index (χ0n) is 16.7. The van der Waals surface area contributed by atoms with Crippen LogP contribution in [0.15, 0.2) is 48.5 Å². The highest BCUT2D eigenvalue weighted by atomic mass is 16.5. The summed E-state index contributed by atoms with van der Waals surface area (Å²) < 4.78 is 6.88. The summed E-state index contributed by atoms with van der Waals surface area (Å²) in [4.78, 5) is 23.7. The van der Waals surface area contributed by atoms with Crippen molar-refractivity contribution in [1.29, 1.82) is 0 Å². The number of rotatable bonds is 4. The summed E-state index contributed by atoms with van der Waals surface area (Å²) >= 11 is 0. The molecule has 0 spiro atoms. The zero-order chi connectivity index (χ0) is 20.8. The Morgan fingerprint density at radius 2 is 1.90 bits per heavy atom. The molecule has 0 aliphatic carbocycles. The Kier molecular flexibility index (Phi) is 4.43. The normalized spacial score (nSPS) is 13.4. The molecule has 148 valence electrons. The van der Waals surface area contributed by atoms with Crippen molar-refractivity contribution in [1.82, 2.24) is 24.5 Å². The van der Waals surface area contributed by atoms with E-state index in [2.05, 4.69) is 10.1 Å². The molecule has 2 heterocycles. The first kappa shape index (κ1) is 18.8. The van der Waals surface area contributed by atoms with Gasteiger partial charge in [0.2, 0.25) is 5.91 Å². The smallest absolute Gasteiger partial charge is 0.249 e. The van der Waals surface area contributed by atoms with Crippen LogP contribution in [-0.4, -0.2) is 51.6 Å². The lowest BCUT2D eigenvalue weighted by Gasteiger charge is -2.26. The lowest BCUT2D eigenvalue weighted by molar-refractivity contribution is -0.134. The Bertz CT molecular complexity index is 1230. The van der Waals surface area contributed by atoms with Gasteiger partial charge in [-0.3, -0.25) is 4.79 Å². The van der Waals surface area contributed by atoms with Gasteiger partial charge in [0.1, 0.15) is 5.75 Å². The summed E-state index contributed by atoms with van der Waals surface area (Å²) in [6.45, 7) is 1.64. The van der Waals surface area contributed by atoms with Gasteiger partial charge in [-0.1, -0.05) is 24.3 Å². The number of carbonyl (C=O) groups is 1. The lowest BCUT2D eigenvalue weighted by Crippen LogP contribution is -2.50. The van der Waals surface area contributed by atoms with E-state index < -0.39 is 5.54 Å². The van der Waals surface area contributed by atoms with Gasteiger partial charge < -0.3 is 15.4 Å². The predicted octanol–water partition coefficient (Wildman–Crippen LogP) is 2.22. The highest BCUT2D eigenvalue weighted by Crippen LogP contribution is 2.28. The minimum Gasteiger partial charge on any atom is -0.497 e. The van der Waals surface area contributed by atoms with E-state index in [0.29, 0.717) is 28.6 Å². The summed E-state index contributed by atoms with van der Waals surface area (Å²) in [5.74, 6) is 1.25. The number of aromatic nitrogens is 4. The molecule has 0 unspecified atom stereocenters. The second-order valence-corrected chi connectivity index (χ2v) is 7.26. The number of ether oxygens (including phenoxy) is 1. The average molecular weight is 390 g/mol. The van der Waals surface area contributed by atoms with Gasteiger partial charge in [-0.15, -0.1) is 5.10 Å². The Hall–Kier alpha value is -3.52. The maximum absolute atomic E-state index is 12.8. The Morgan fingerprint density at radius 3 is 2.62 bits per heavy atom. The maximum Gasteiger partial charge on any atom is 0.249 e. The number of amides is 1. The number of hydrogen-bond donors (Lipinski definition) is 1. The maximum atomic E-state index is 12.8. The number of hydrogen-bond acceptors (Lipinski definition) is 6. The number of methoxy groups -OCH3 is 1. The quantitative estimate of drug-likeness (QED) is 0.574. The Labute approximate surface area is 167 Å². The first-order chi connectivity index (χ1) is 13.8. The monoisotopic (exact) mass is 390 g/mol. The topological polar surface area (TPSA) is 98.6 Å². The van der Waals surface area contributed by atoms with E-state index in [1.165, 1.54) is 4.90 Å². The Morgan fingerprint density at radius 1 is 1.14 bits per heavy atom. The van der Waals surface area contributed by atoms with E-state index in [9.17, 15) is 4.79 Å². The second-order valence-electron chi connectivity index (χ2n) is 7.26. The third-order valence-corrected chi connectivity index (χ3v) is 4.82. The number of fused-ring (bicyclic) bond motifs is 3. The van der Waals surface area contributed by atoms with Crippen LogP contribution >= 0.6 is 0 Å². The number of benzene rings is 2. The van der Waals surface area contributed by atoms with Crippen LogP contribution in [0, 0.1) is 0 Å². The number of nitrogens with two attached hydrogens (primary N) is 1. The summed E-state index contributed by atoms with van der Waals surface area (Å²) in [7, 11) is 4.93. The molecule has 0 aliphatic rings. The molecule has 1 atom stereocenters. The number of likely N-dealkylation sites (N-methyl/N-ethyl adjacent to an activating group) is 1. The predicted molar refractivity (Wildman–Crippen MR) is 111 cm³/mol. The molecule has 0 radical (unpaired) electrons. The van der Waals surface area contributed by atoms with Gasteiger partial charge >= 0.3 is 0 Å².